The molecule has 0 fully saturated rings. The minimum Gasteiger partial charge on any atom is -0.348 e. The summed E-state index contributed by atoms with van der Waals surface area (Å²) in [6.07, 6.45) is 1.03. The first-order valence-corrected chi connectivity index (χ1v) is 8.76. The lowest BCUT2D eigenvalue weighted by molar-refractivity contribution is -0.127. The third kappa shape index (κ3) is 4.45. The predicted octanol–water partition coefficient (Wildman–Crippen LogP) is 3.41. The first kappa shape index (κ1) is 16.8. The van der Waals surface area contributed by atoms with E-state index in [2.05, 4.69) is 34.6 Å². The number of hydrogen-bond donors (Lipinski definition) is 1. The average molecular weight is 336 g/mol. The van der Waals surface area contributed by atoms with E-state index in [1.54, 1.807) is 19.0 Å². The Labute approximate surface area is 139 Å². The molecule has 1 aromatic carbocycles. The Morgan fingerprint density at radius 2 is 2.00 bits per heavy atom. The number of rotatable bonds is 6. The van der Waals surface area contributed by atoms with Gasteiger partial charge in [0.05, 0.1) is 5.25 Å². The summed E-state index contributed by atoms with van der Waals surface area (Å²) in [7, 11) is 3.51. The summed E-state index contributed by atoms with van der Waals surface area (Å²) in [5.41, 5.74) is 2.29. The van der Waals surface area contributed by atoms with Crippen molar-refractivity contribution < 1.29 is 4.79 Å². The van der Waals surface area contributed by atoms with Crippen molar-refractivity contribution in [2.75, 3.05) is 19.4 Å². The van der Waals surface area contributed by atoms with Crippen LogP contribution in [-0.4, -0.2) is 40.3 Å². The summed E-state index contributed by atoms with van der Waals surface area (Å²) in [4.78, 5) is 13.4. The van der Waals surface area contributed by atoms with Gasteiger partial charge in [-0.1, -0.05) is 42.2 Å². The fourth-order valence-electron chi connectivity index (χ4n) is 1.82. The summed E-state index contributed by atoms with van der Waals surface area (Å²) < 4.78 is 0.787. The van der Waals surface area contributed by atoms with Crippen molar-refractivity contribution >= 4 is 39.8 Å². The van der Waals surface area contributed by atoms with Crippen LogP contribution in [0.4, 0.5) is 10.8 Å². The Bertz CT molecular complexity index is 625. The predicted molar refractivity (Wildman–Crippen MR) is 93.0 cm³/mol. The second-order valence-electron chi connectivity index (χ2n) is 5.04. The largest absolute Gasteiger partial charge is 0.348 e. The average Bonchev–Trinajstić information content (AvgIpc) is 2.94. The maximum Gasteiger partial charge on any atom is 0.235 e. The van der Waals surface area contributed by atoms with Crippen LogP contribution >= 0.6 is 23.1 Å². The summed E-state index contributed by atoms with van der Waals surface area (Å²) >= 11 is 2.89. The van der Waals surface area contributed by atoms with Gasteiger partial charge in [0.2, 0.25) is 11.0 Å². The number of carbonyl (C=O) groups excluding carboxylic acids is 1. The fourth-order valence-corrected chi connectivity index (χ4v) is 3.88. The first-order valence-electron chi connectivity index (χ1n) is 7.07. The van der Waals surface area contributed by atoms with Crippen molar-refractivity contribution in [3.63, 3.8) is 0 Å². The van der Waals surface area contributed by atoms with E-state index in [4.69, 9.17) is 0 Å². The number of hydrogen-bond acceptors (Lipinski definition) is 6. The van der Waals surface area contributed by atoms with E-state index in [0.717, 1.165) is 21.6 Å². The Balaban J connectivity index is 1.97. The zero-order valence-electron chi connectivity index (χ0n) is 13.2. The molecular formula is C15H20N4OS2. The van der Waals surface area contributed by atoms with Crippen LogP contribution in [0.1, 0.15) is 19.4 Å². The number of aromatic nitrogens is 2. The normalized spacial score (nSPS) is 12.0. The Morgan fingerprint density at radius 1 is 1.32 bits per heavy atom. The minimum absolute atomic E-state index is 0.0739. The summed E-state index contributed by atoms with van der Waals surface area (Å²) in [5, 5.41) is 12.1. The van der Waals surface area contributed by atoms with Gasteiger partial charge in [0.1, 0.15) is 0 Å². The molecule has 2 rings (SSSR count). The van der Waals surface area contributed by atoms with Gasteiger partial charge in [-0.05, 0) is 31.0 Å². The number of anilines is 2. The van der Waals surface area contributed by atoms with Crippen molar-refractivity contribution in [3.05, 3.63) is 29.8 Å². The maximum absolute atomic E-state index is 11.9. The molecule has 0 saturated heterocycles. The van der Waals surface area contributed by atoms with Crippen LogP contribution in [0.15, 0.2) is 28.6 Å². The molecule has 0 spiro atoms. The van der Waals surface area contributed by atoms with Gasteiger partial charge in [0.15, 0.2) is 4.34 Å². The van der Waals surface area contributed by atoms with Gasteiger partial charge >= 0.3 is 0 Å². The van der Waals surface area contributed by atoms with Crippen molar-refractivity contribution in [1.82, 2.24) is 15.1 Å². The van der Waals surface area contributed by atoms with Crippen molar-refractivity contribution in [1.29, 1.82) is 0 Å². The third-order valence-electron chi connectivity index (χ3n) is 3.09. The zero-order chi connectivity index (χ0) is 16.1. The second-order valence-corrected chi connectivity index (χ2v) is 7.61. The standard InChI is InChI=1S/C15H20N4OS2/c1-5-11-6-8-12(9-7-11)16-14-17-18-15(22-14)21-10(2)13(20)19(3)4/h6-10H,5H2,1-4H3,(H,16,17)/t10-/m0/s1. The van der Waals surface area contributed by atoms with Gasteiger partial charge in [-0.15, -0.1) is 10.2 Å². The fraction of sp³-hybridized carbons (Fsp3) is 0.400. The van der Waals surface area contributed by atoms with E-state index >= 15 is 0 Å². The maximum atomic E-state index is 11.9. The molecule has 0 radical (unpaired) electrons. The lowest BCUT2D eigenvalue weighted by Gasteiger charge is -2.14. The second kappa shape index (κ2) is 7.60. The highest BCUT2D eigenvalue weighted by Crippen LogP contribution is 2.30. The molecule has 0 unspecified atom stereocenters. The number of amides is 1. The number of thioether (sulfide) groups is 1. The summed E-state index contributed by atoms with van der Waals surface area (Å²) in [6, 6.07) is 8.25. The molecule has 1 aromatic heterocycles. The van der Waals surface area contributed by atoms with Crippen LogP contribution in [0.5, 0.6) is 0 Å². The van der Waals surface area contributed by atoms with Gasteiger partial charge in [-0.25, -0.2) is 0 Å². The SMILES string of the molecule is CCc1ccc(Nc2nnc(S[C@@H](C)C(=O)N(C)C)s2)cc1. The lowest BCUT2D eigenvalue weighted by Crippen LogP contribution is -2.29. The van der Waals surface area contributed by atoms with E-state index in [-0.39, 0.29) is 11.2 Å². The highest BCUT2D eigenvalue weighted by atomic mass is 32.2. The number of nitrogens with zero attached hydrogens (tertiary/aromatic N) is 3. The molecule has 0 aliphatic carbocycles. The van der Waals surface area contributed by atoms with Crippen LogP contribution in [0.2, 0.25) is 0 Å². The molecule has 0 aliphatic heterocycles. The molecule has 118 valence electrons. The molecule has 2 aromatic rings. The van der Waals surface area contributed by atoms with Crippen LogP contribution in [0.3, 0.4) is 0 Å². The van der Waals surface area contributed by atoms with Crippen LogP contribution in [-0.2, 0) is 11.2 Å². The number of benzene rings is 1. The van der Waals surface area contributed by atoms with Gasteiger partial charge in [-0.2, -0.15) is 0 Å². The van der Waals surface area contributed by atoms with Crippen molar-refractivity contribution in [2.24, 2.45) is 0 Å². The third-order valence-corrected chi connectivity index (χ3v) is 5.10. The van der Waals surface area contributed by atoms with Gasteiger partial charge in [0, 0.05) is 19.8 Å². The Hall–Kier alpha value is -1.60. The van der Waals surface area contributed by atoms with Crippen molar-refractivity contribution in [3.8, 4) is 0 Å². The number of carbonyl (C=O) groups is 1. The Kier molecular flexibility index (Phi) is 5.79. The topological polar surface area (TPSA) is 58.1 Å². The molecule has 0 aliphatic rings. The van der Waals surface area contributed by atoms with Crippen LogP contribution in [0.25, 0.3) is 0 Å². The quantitative estimate of drug-likeness (QED) is 0.819. The van der Waals surface area contributed by atoms with E-state index in [1.807, 2.05) is 19.1 Å². The highest BCUT2D eigenvalue weighted by Gasteiger charge is 2.18. The monoisotopic (exact) mass is 336 g/mol. The van der Waals surface area contributed by atoms with Crippen LogP contribution in [0, 0.1) is 0 Å². The smallest absolute Gasteiger partial charge is 0.235 e. The lowest BCUT2D eigenvalue weighted by atomic mass is 10.1. The molecule has 1 amide bonds. The molecular weight excluding hydrogens is 316 g/mol. The highest BCUT2D eigenvalue weighted by molar-refractivity contribution is 8.02. The first-order chi connectivity index (χ1) is 10.5. The molecule has 7 heteroatoms. The van der Waals surface area contributed by atoms with Crippen molar-refractivity contribution in [2.45, 2.75) is 29.9 Å². The number of nitrogens with one attached hydrogen (secondary N) is 1. The van der Waals surface area contributed by atoms with Gasteiger partial charge in [0.25, 0.3) is 0 Å². The Morgan fingerprint density at radius 3 is 2.59 bits per heavy atom. The molecule has 5 nitrogen and oxygen atoms in total. The van der Waals surface area contributed by atoms with Gasteiger partial charge < -0.3 is 10.2 Å². The van der Waals surface area contributed by atoms with E-state index in [9.17, 15) is 4.79 Å². The molecule has 0 bridgehead atoms. The van der Waals surface area contributed by atoms with E-state index < -0.39 is 0 Å². The molecule has 1 atom stereocenters. The number of aryl methyl sites for hydroxylation is 1. The van der Waals surface area contributed by atoms with Gasteiger partial charge in [-0.3, -0.25) is 4.79 Å². The van der Waals surface area contributed by atoms with Crippen LogP contribution < -0.4 is 5.32 Å². The minimum atomic E-state index is -0.167. The summed E-state index contributed by atoms with van der Waals surface area (Å²) in [5.74, 6) is 0.0739. The molecule has 0 saturated carbocycles. The molecule has 22 heavy (non-hydrogen) atoms. The van der Waals surface area contributed by atoms with E-state index in [0.29, 0.717) is 0 Å². The molecule has 1 N–H and O–H groups in total. The summed E-state index contributed by atoms with van der Waals surface area (Å²) in [6.45, 7) is 4.01. The van der Waals surface area contributed by atoms with E-state index in [1.165, 1.54) is 28.7 Å². The molecule has 1 heterocycles. The zero-order valence-corrected chi connectivity index (χ0v) is 14.8.